The number of piperidine rings is 1. The molecule has 1 atom stereocenters. The fraction of sp³-hybridized carbons (Fsp3) is 0.917. The molecule has 1 aliphatic rings. The van der Waals surface area contributed by atoms with Crippen LogP contribution in [0.3, 0.4) is 0 Å². The summed E-state index contributed by atoms with van der Waals surface area (Å²) >= 11 is 0. The fourth-order valence-corrected chi connectivity index (χ4v) is 3.95. The third-order valence-electron chi connectivity index (χ3n) is 3.43. The Bertz CT molecular complexity index is 412. The van der Waals surface area contributed by atoms with E-state index in [-0.39, 0.29) is 6.54 Å². The highest BCUT2D eigenvalue weighted by Gasteiger charge is 2.35. The van der Waals surface area contributed by atoms with Gasteiger partial charge in [-0.15, -0.1) is 0 Å². The van der Waals surface area contributed by atoms with Crippen molar-refractivity contribution < 1.29 is 23.1 Å². The van der Waals surface area contributed by atoms with Crippen LogP contribution in [0.2, 0.25) is 0 Å². The molecule has 7 nitrogen and oxygen atoms in total. The van der Waals surface area contributed by atoms with Gasteiger partial charge in [0.2, 0.25) is 0 Å². The number of hydrogen-bond donors (Lipinski definition) is 1. The van der Waals surface area contributed by atoms with E-state index in [1.165, 1.54) is 8.61 Å². The average molecular weight is 308 g/mol. The lowest BCUT2D eigenvalue weighted by Gasteiger charge is -2.33. The van der Waals surface area contributed by atoms with E-state index in [2.05, 4.69) is 0 Å². The molecule has 0 amide bonds. The molecule has 0 bridgehead atoms. The first kappa shape index (κ1) is 17.4. The highest BCUT2D eigenvalue weighted by Crippen LogP contribution is 2.21. The highest BCUT2D eigenvalue weighted by atomic mass is 32.2. The van der Waals surface area contributed by atoms with Gasteiger partial charge in [-0.2, -0.15) is 17.0 Å². The maximum Gasteiger partial charge on any atom is 0.307 e. The summed E-state index contributed by atoms with van der Waals surface area (Å²) in [4.78, 5) is 11.0. The Balaban J connectivity index is 2.71. The number of carboxylic acids is 1. The Morgan fingerprint density at radius 3 is 2.70 bits per heavy atom. The minimum Gasteiger partial charge on any atom is -0.481 e. The third kappa shape index (κ3) is 4.41. The van der Waals surface area contributed by atoms with Gasteiger partial charge >= 0.3 is 5.97 Å². The molecule has 118 valence electrons. The van der Waals surface area contributed by atoms with Crippen molar-refractivity contribution in [1.29, 1.82) is 0 Å². The van der Waals surface area contributed by atoms with Crippen LogP contribution < -0.4 is 0 Å². The summed E-state index contributed by atoms with van der Waals surface area (Å²) in [7, 11) is -3.60. The summed E-state index contributed by atoms with van der Waals surface area (Å²) in [6.45, 7) is 5.60. The van der Waals surface area contributed by atoms with E-state index in [0.717, 1.165) is 0 Å². The second kappa shape index (κ2) is 7.92. The molecule has 0 radical (unpaired) electrons. The van der Waals surface area contributed by atoms with Crippen molar-refractivity contribution in [1.82, 2.24) is 8.61 Å². The van der Waals surface area contributed by atoms with Gasteiger partial charge in [-0.1, -0.05) is 6.92 Å². The number of ether oxygens (including phenoxy) is 1. The van der Waals surface area contributed by atoms with Gasteiger partial charge in [0.15, 0.2) is 0 Å². The van der Waals surface area contributed by atoms with Gasteiger partial charge in [-0.05, 0) is 19.8 Å². The molecule has 8 heteroatoms. The van der Waals surface area contributed by atoms with Gasteiger partial charge in [0.25, 0.3) is 10.2 Å². The van der Waals surface area contributed by atoms with Crippen molar-refractivity contribution in [2.45, 2.75) is 26.7 Å². The second-order valence-corrected chi connectivity index (χ2v) is 6.66. The minimum absolute atomic E-state index is 0.0583. The van der Waals surface area contributed by atoms with Crippen LogP contribution in [-0.4, -0.2) is 67.5 Å². The molecule has 1 heterocycles. The van der Waals surface area contributed by atoms with Gasteiger partial charge in [-0.3, -0.25) is 4.79 Å². The molecule has 0 spiro atoms. The predicted molar refractivity (Wildman–Crippen MR) is 74.6 cm³/mol. The Labute approximate surface area is 120 Å². The van der Waals surface area contributed by atoms with E-state index in [0.29, 0.717) is 45.7 Å². The van der Waals surface area contributed by atoms with Crippen LogP contribution in [0.1, 0.15) is 26.7 Å². The Morgan fingerprint density at radius 1 is 1.45 bits per heavy atom. The van der Waals surface area contributed by atoms with Crippen LogP contribution in [0.25, 0.3) is 0 Å². The summed E-state index contributed by atoms with van der Waals surface area (Å²) in [6, 6.07) is 0. The number of aliphatic carboxylic acids is 1. The predicted octanol–water partition coefficient (Wildman–Crippen LogP) is 0.386. The molecule has 1 N–H and O–H groups in total. The number of rotatable bonds is 8. The molecule has 0 aromatic carbocycles. The van der Waals surface area contributed by atoms with E-state index in [1.54, 1.807) is 6.92 Å². The second-order valence-electron chi connectivity index (χ2n) is 4.73. The first-order chi connectivity index (χ1) is 9.43. The number of carboxylic acid groups (broad SMARTS) is 1. The summed E-state index contributed by atoms with van der Waals surface area (Å²) in [6.07, 6.45) is 1.12. The Kier molecular flexibility index (Phi) is 6.87. The largest absolute Gasteiger partial charge is 0.481 e. The van der Waals surface area contributed by atoms with Crippen LogP contribution >= 0.6 is 0 Å². The van der Waals surface area contributed by atoms with E-state index < -0.39 is 22.1 Å². The van der Waals surface area contributed by atoms with Crippen molar-refractivity contribution in [2.75, 3.05) is 39.4 Å². The first-order valence-corrected chi connectivity index (χ1v) is 8.38. The van der Waals surface area contributed by atoms with Crippen molar-refractivity contribution in [2.24, 2.45) is 5.92 Å². The molecule has 1 rings (SSSR count). The van der Waals surface area contributed by atoms with Crippen LogP contribution in [0.15, 0.2) is 0 Å². The quantitative estimate of drug-likeness (QED) is 0.655. The number of nitrogens with zero attached hydrogens (tertiary/aromatic N) is 2. The van der Waals surface area contributed by atoms with Crippen molar-refractivity contribution >= 4 is 16.2 Å². The van der Waals surface area contributed by atoms with Gasteiger partial charge in [0.05, 0.1) is 12.5 Å². The Morgan fingerprint density at radius 2 is 2.15 bits per heavy atom. The monoisotopic (exact) mass is 308 g/mol. The fourth-order valence-electron chi connectivity index (χ4n) is 2.26. The smallest absolute Gasteiger partial charge is 0.307 e. The molecular formula is C12H24N2O5S. The number of hydrogen-bond acceptors (Lipinski definition) is 4. The first-order valence-electron chi connectivity index (χ1n) is 6.99. The molecule has 1 unspecified atom stereocenters. The number of likely N-dealkylation sites (N-methyl/N-ethyl adjacent to an activating group) is 1. The maximum absolute atomic E-state index is 12.5. The van der Waals surface area contributed by atoms with Crippen molar-refractivity contribution in [3.63, 3.8) is 0 Å². The molecule has 1 fully saturated rings. The highest BCUT2D eigenvalue weighted by molar-refractivity contribution is 7.86. The zero-order valence-electron chi connectivity index (χ0n) is 12.1. The molecule has 0 aromatic heterocycles. The lowest BCUT2D eigenvalue weighted by molar-refractivity contribution is -0.142. The van der Waals surface area contributed by atoms with Crippen LogP contribution in [0.4, 0.5) is 0 Å². The van der Waals surface area contributed by atoms with Crippen LogP contribution in [0, 0.1) is 5.92 Å². The van der Waals surface area contributed by atoms with E-state index in [9.17, 15) is 13.2 Å². The topological polar surface area (TPSA) is 87.2 Å². The summed E-state index contributed by atoms with van der Waals surface area (Å²) in [5.74, 6) is -1.54. The zero-order chi connectivity index (χ0) is 15.2. The van der Waals surface area contributed by atoms with Crippen LogP contribution in [0.5, 0.6) is 0 Å². The van der Waals surface area contributed by atoms with Crippen molar-refractivity contribution in [3.05, 3.63) is 0 Å². The lowest BCUT2D eigenvalue weighted by atomic mass is 10.0. The molecule has 1 aliphatic heterocycles. The normalized spacial score (nSPS) is 21.2. The van der Waals surface area contributed by atoms with Gasteiger partial charge in [0, 0.05) is 32.8 Å². The SMILES string of the molecule is CCOCCN(CC)S(=O)(=O)N1CCCC(C(=O)O)C1. The summed E-state index contributed by atoms with van der Waals surface area (Å²) in [5.41, 5.74) is 0. The standard InChI is InChI=1S/C12H24N2O5S/c1-3-13(8-9-19-4-2)20(17,18)14-7-5-6-11(10-14)12(15)16/h11H,3-10H2,1-2H3,(H,15,16). The number of carbonyl (C=O) groups is 1. The van der Waals surface area contributed by atoms with Crippen LogP contribution in [-0.2, 0) is 19.7 Å². The molecule has 20 heavy (non-hydrogen) atoms. The Hall–Kier alpha value is -0.700. The molecular weight excluding hydrogens is 284 g/mol. The summed E-state index contributed by atoms with van der Waals surface area (Å²) in [5, 5.41) is 9.04. The zero-order valence-corrected chi connectivity index (χ0v) is 12.9. The molecule has 0 aromatic rings. The third-order valence-corrected chi connectivity index (χ3v) is 5.51. The lowest BCUT2D eigenvalue weighted by Crippen LogP contribution is -2.49. The average Bonchev–Trinajstić information content (AvgIpc) is 2.43. The van der Waals surface area contributed by atoms with Gasteiger partial charge in [-0.25, -0.2) is 0 Å². The van der Waals surface area contributed by atoms with E-state index in [4.69, 9.17) is 9.84 Å². The molecule has 1 saturated heterocycles. The van der Waals surface area contributed by atoms with Crippen molar-refractivity contribution in [3.8, 4) is 0 Å². The van der Waals surface area contributed by atoms with Gasteiger partial charge in [0.1, 0.15) is 0 Å². The van der Waals surface area contributed by atoms with Gasteiger partial charge < -0.3 is 9.84 Å². The molecule has 0 aliphatic carbocycles. The maximum atomic E-state index is 12.5. The van der Waals surface area contributed by atoms with E-state index in [1.807, 2.05) is 6.92 Å². The van der Waals surface area contributed by atoms with E-state index >= 15 is 0 Å². The minimum atomic E-state index is -3.60. The summed E-state index contributed by atoms with van der Waals surface area (Å²) < 4.78 is 32.8. The molecule has 0 saturated carbocycles.